The standard InChI is InChI=1S/C22H23FN2O5/c1-29-19-11-8-15(12-20(19)30-2)17-13-18(14-6-9-16(23)10-7-14)25(24-17)21(26)4-3-5-22(27)28/h6-12,18H,3-5,13H2,1-2H3,(H,27,28)/p-1/t18-/m1/s1. The molecule has 7 nitrogen and oxygen atoms in total. The number of benzene rings is 2. The summed E-state index contributed by atoms with van der Waals surface area (Å²) in [5, 5.41) is 16.5. The van der Waals surface area contributed by atoms with E-state index in [1.807, 2.05) is 6.07 Å². The number of ether oxygens (including phenoxy) is 2. The number of carboxylic acid groups (broad SMARTS) is 1. The minimum absolute atomic E-state index is 0.0222. The van der Waals surface area contributed by atoms with E-state index in [1.54, 1.807) is 31.4 Å². The number of carboxylic acids is 1. The molecule has 0 aromatic heterocycles. The summed E-state index contributed by atoms with van der Waals surface area (Å²) in [5.74, 6) is -0.764. The Labute approximate surface area is 173 Å². The van der Waals surface area contributed by atoms with Gasteiger partial charge in [0.15, 0.2) is 11.5 Å². The van der Waals surface area contributed by atoms with Crippen LogP contribution in [0.4, 0.5) is 4.39 Å². The summed E-state index contributed by atoms with van der Waals surface area (Å²) in [7, 11) is 3.08. The van der Waals surface area contributed by atoms with E-state index in [-0.39, 0.29) is 31.0 Å². The number of rotatable bonds is 8. The maximum Gasteiger partial charge on any atom is 0.243 e. The molecular formula is C22H22FN2O5-. The second kappa shape index (κ2) is 9.39. The maximum absolute atomic E-state index is 13.4. The summed E-state index contributed by atoms with van der Waals surface area (Å²) in [6, 6.07) is 10.9. The number of carbonyl (C=O) groups excluding carboxylic acids is 2. The Balaban J connectivity index is 1.90. The zero-order valence-corrected chi connectivity index (χ0v) is 16.8. The zero-order valence-electron chi connectivity index (χ0n) is 16.8. The van der Waals surface area contributed by atoms with Crippen molar-refractivity contribution in [3.8, 4) is 11.5 Å². The van der Waals surface area contributed by atoms with Crippen molar-refractivity contribution in [2.45, 2.75) is 31.7 Å². The van der Waals surface area contributed by atoms with Crippen molar-refractivity contribution in [3.63, 3.8) is 0 Å². The zero-order chi connectivity index (χ0) is 21.7. The van der Waals surface area contributed by atoms with Gasteiger partial charge in [-0.2, -0.15) is 5.10 Å². The SMILES string of the molecule is COc1ccc(C2=NN(C(=O)CCCC(=O)[O-])[C@@H](c3ccc(F)cc3)C2)cc1OC. The number of amides is 1. The average Bonchev–Trinajstić information content (AvgIpc) is 3.19. The molecule has 0 saturated heterocycles. The normalized spacial score (nSPS) is 15.6. The van der Waals surface area contributed by atoms with E-state index in [9.17, 15) is 19.1 Å². The first kappa shape index (κ1) is 21.3. The largest absolute Gasteiger partial charge is 0.550 e. The van der Waals surface area contributed by atoms with Crippen molar-refractivity contribution in [2.24, 2.45) is 5.10 Å². The van der Waals surface area contributed by atoms with Crippen LogP contribution in [-0.2, 0) is 9.59 Å². The van der Waals surface area contributed by atoms with Gasteiger partial charge in [0.2, 0.25) is 5.91 Å². The highest BCUT2D eigenvalue weighted by molar-refractivity contribution is 6.03. The van der Waals surface area contributed by atoms with Gasteiger partial charge in [-0.05, 0) is 48.7 Å². The van der Waals surface area contributed by atoms with Gasteiger partial charge in [0.1, 0.15) is 5.82 Å². The van der Waals surface area contributed by atoms with Gasteiger partial charge in [0.05, 0.1) is 26.0 Å². The minimum atomic E-state index is -1.20. The predicted molar refractivity (Wildman–Crippen MR) is 106 cm³/mol. The number of hydrazone groups is 1. The Morgan fingerprint density at radius 3 is 2.43 bits per heavy atom. The van der Waals surface area contributed by atoms with Crippen LogP contribution in [0.25, 0.3) is 0 Å². The Morgan fingerprint density at radius 2 is 1.80 bits per heavy atom. The van der Waals surface area contributed by atoms with Crippen molar-refractivity contribution < 1.29 is 28.6 Å². The van der Waals surface area contributed by atoms with Crippen molar-refractivity contribution >= 4 is 17.6 Å². The Bertz CT molecular complexity index is 959. The Hall–Kier alpha value is -3.42. The molecule has 1 aliphatic rings. The van der Waals surface area contributed by atoms with E-state index in [0.717, 1.165) is 11.1 Å². The van der Waals surface area contributed by atoms with Gasteiger partial charge in [-0.1, -0.05) is 12.1 Å². The van der Waals surface area contributed by atoms with Crippen molar-refractivity contribution in [1.29, 1.82) is 0 Å². The van der Waals surface area contributed by atoms with E-state index >= 15 is 0 Å². The molecule has 0 bridgehead atoms. The fraction of sp³-hybridized carbons (Fsp3) is 0.318. The molecular weight excluding hydrogens is 391 g/mol. The number of nitrogens with zero attached hydrogens (tertiary/aromatic N) is 2. The number of aliphatic carboxylic acids is 1. The van der Waals surface area contributed by atoms with Crippen molar-refractivity contribution in [2.75, 3.05) is 14.2 Å². The van der Waals surface area contributed by atoms with E-state index in [0.29, 0.717) is 23.6 Å². The summed E-state index contributed by atoms with van der Waals surface area (Å²) in [4.78, 5) is 23.4. The van der Waals surface area contributed by atoms with E-state index in [1.165, 1.54) is 24.3 Å². The molecule has 1 amide bonds. The maximum atomic E-state index is 13.4. The lowest BCUT2D eigenvalue weighted by atomic mass is 9.98. The van der Waals surface area contributed by atoms with Crippen LogP contribution in [0.5, 0.6) is 11.5 Å². The molecule has 30 heavy (non-hydrogen) atoms. The molecule has 0 fully saturated rings. The summed E-state index contributed by atoms with van der Waals surface area (Å²) < 4.78 is 24.0. The second-order valence-corrected chi connectivity index (χ2v) is 6.85. The molecule has 1 heterocycles. The minimum Gasteiger partial charge on any atom is -0.550 e. The molecule has 0 aliphatic carbocycles. The molecule has 158 valence electrons. The van der Waals surface area contributed by atoms with Crippen molar-refractivity contribution in [3.05, 3.63) is 59.4 Å². The van der Waals surface area contributed by atoms with Crippen LogP contribution in [0.15, 0.2) is 47.6 Å². The van der Waals surface area contributed by atoms with Gasteiger partial charge >= 0.3 is 0 Å². The lowest BCUT2D eigenvalue weighted by Crippen LogP contribution is -2.28. The fourth-order valence-electron chi connectivity index (χ4n) is 3.37. The third-order valence-corrected chi connectivity index (χ3v) is 4.91. The molecule has 0 saturated carbocycles. The molecule has 0 N–H and O–H groups in total. The van der Waals surface area contributed by atoms with E-state index in [2.05, 4.69) is 5.10 Å². The average molecular weight is 413 g/mol. The van der Waals surface area contributed by atoms with Crippen LogP contribution in [-0.4, -0.2) is 36.8 Å². The fourth-order valence-corrected chi connectivity index (χ4v) is 3.37. The van der Waals surface area contributed by atoms with Crippen LogP contribution < -0.4 is 14.6 Å². The number of hydrogen-bond acceptors (Lipinski definition) is 6. The summed E-state index contributed by atoms with van der Waals surface area (Å²) in [5.41, 5.74) is 2.17. The highest BCUT2D eigenvalue weighted by Crippen LogP contribution is 2.35. The molecule has 1 atom stereocenters. The number of halogens is 1. The highest BCUT2D eigenvalue weighted by Gasteiger charge is 2.33. The van der Waals surface area contributed by atoms with Gasteiger partial charge in [-0.15, -0.1) is 0 Å². The summed E-state index contributed by atoms with van der Waals surface area (Å²) in [6.45, 7) is 0. The van der Waals surface area contributed by atoms with Gasteiger partial charge < -0.3 is 19.4 Å². The van der Waals surface area contributed by atoms with E-state index in [4.69, 9.17) is 9.47 Å². The summed E-state index contributed by atoms with van der Waals surface area (Å²) in [6.07, 6.45) is 0.407. The van der Waals surface area contributed by atoms with Crippen LogP contribution in [0, 0.1) is 5.82 Å². The molecule has 2 aromatic rings. The molecule has 0 radical (unpaired) electrons. The molecule has 3 rings (SSSR count). The second-order valence-electron chi connectivity index (χ2n) is 6.85. The summed E-state index contributed by atoms with van der Waals surface area (Å²) >= 11 is 0. The number of hydrogen-bond donors (Lipinski definition) is 0. The smallest absolute Gasteiger partial charge is 0.243 e. The Morgan fingerprint density at radius 1 is 1.10 bits per heavy atom. The monoisotopic (exact) mass is 413 g/mol. The van der Waals surface area contributed by atoms with Crippen LogP contribution in [0.3, 0.4) is 0 Å². The van der Waals surface area contributed by atoms with Gasteiger partial charge in [-0.25, -0.2) is 9.40 Å². The molecule has 2 aromatic carbocycles. The van der Waals surface area contributed by atoms with Crippen LogP contribution in [0.2, 0.25) is 0 Å². The van der Waals surface area contributed by atoms with Gasteiger partial charge in [0.25, 0.3) is 0 Å². The van der Waals surface area contributed by atoms with Crippen molar-refractivity contribution in [1.82, 2.24) is 5.01 Å². The van der Waals surface area contributed by atoms with Gasteiger partial charge in [-0.3, -0.25) is 4.79 Å². The molecule has 8 heteroatoms. The number of methoxy groups -OCH3 is 2. The third-order valence-electron chi connectivity index (χ3n) is 4.91. The van der Waals surface area contributed by atoms with Crippen LogP contribution >= 0.6 is 0 Å². The molecule has 0 unspecified atom stereocenters. The first-order chi connectivity index (χ1) is 14.4. The number of carbonyl (C=O) groups is 2. The third kappa shape index (κ3) is 4.76. The lowest BCUT2D eigenvalue weighted by molar-refractivity contribution is -0.305. The highest BCUT2D eigenvalue weighted by atomic mass is 19.1. The Kier molecular flexibility index (Phi) is 6.66. The lowest BCUT2D eigenvalue weighted by Gasteiger charge is -2.22. The topological polar surface area (TPSA) is 91.3 Å². The molecule has 1 aliphatic heterocycles. The van der Waals surface area contributed by atoms with E-state index < -0.39 is 12.0 Å². The first-order valence-corrected chi connectivity index (χ1v) is 9.50. The van der Waals surface area contributed by atoms with Crippen LogP contribution in [0.1, 0.15) is 42.9 Å². The predicted octanol–water partition coefficient (Wildman–Crippen LogP) is 2.44. The van der Waals surface area contributed by atoms with Gasteiger partial charge in [0, 0.05) is 24.4 Å². The molecule has 0 spiro atoms. The first-order valence-electron chi connectivity index (χ1n) is 9.50. The quantitative estimate of drug-likeness (QED) is 0.663.